The minimum Gasteiger partial charge on any atom is -0.294 e. The van der Waals surface area contributed by atoms with E-state index in [1.807, 2.05) is 24.3 Å². The predicted molar refractivity (Wildman–Crippen MR) is 80.1 cm³/mol. The zero-order chi connectivity index (χ0) is 13.7. The summed E-state index contributed by atoms with van der Waals surface area (Å²) in [4.78, 5) is 17.2. The van der Waals surface area contributed by atoms with Gasteiger partial charge in [-0.2, -0.15) is 0 Å². The number of pyridine rings is 1. The van der Waals surface area contributed by atoms with E-state index in [4.69, 9.17) is 11.6 Å². The summed E-state index contributed by atoms with van der Waals surface area (Å²) in [5.41, 5.74) is 1.53. The van der Waals surface area contributed by atoms with E-state index in [1.165, 1.54) is 4.90 Å². The van der Waals surface area contributed by atoms with Gasteiger partial charge in [-0.3, -0.25) is 9.78 Å². The molecule has 2 nitrogen and oxygen atoms in total. The number of ketones is 1. The topological polar surface area (TPSA) is 30.0 Å². The van der Waals surface area contributed by atoms with Crippen LogP contribution in [-0.4, -0.2) is 16.5 Å². The molecular weight excluding hydrogens is 278 g/mol. The fourth-order valence-corrected chi connectivity index (χ4v) is 2.57. The number of halogens is 1. The highest BCUT2D eigenvalue weighted by atomic mass is 35.5. The number of carbonyl (C=O) groups is 1. The average Bonchev–Trinajstić information content (AvgIpc) is 2.42. The third-order valence-corrected chi connectivity index (χ3v) is 3.93. The van der Waals surface area contributed by atoms with Crippen molar-refractivity contribution in [1.82, 2.24) is 4.98 Å². The van der Waals surface area contributed by atoms with Gasteiger partial charge in [0.1, 0.15) is 0 Å². The van der Waals surface area contributed by atoms with Crippen LogP contribution in [0.15, 0.2) is 47.6 Å². The van der Waals surface area contributed by atoms with Crippen LogP contribution in [0.1, 0.15) is 22.8 Å². The molecule has 2 aromatic rings. The molecule has 0 atom stereocenters. The smallest absolute Gasteiger partial charge is 0.167 e. The normalized spacial score (nSPS) is 10.4. The minimum absolute atomic E-state index is 0.0705. The van der Waals surface area contributed by atoms with Crippen molar-refractivity contribution in [2.45, 2.75) is 18.2 Å². The van der Waals surface area contributed by atoms with Crippen LogP contribution >= 0.6 is 23.4 Å². The molecule has 1 aromatic carbocycles. The Hall–Kier alpha value is -1.32. The lowest BCUT2D eigenvalue weighted by molar-refractivity contribution is 0.0993. The highest BCUT2D eigenvalue weighted by molar-refractivity contribution is 7.99. The highest BCUT2D eigenvalue weighted by Gasteiger charge is 2.09. The number of aromatic nitrogens is 1. The lowest BCUT2D eigenvalue weighted by Crippen LogP contribution is -2.04. The number of carbonyl (C=O) groups excluding carboxylic acids is 1. The van der Waals surface area contributed by atoms with Crippen LogP contribution in [0.2, 0.25) is 5.02 Å². The van der Waals surface area contributed by atoms with E-state index in [1.54, 1.807) is 30.2 Å². The number of nitrogens with zero attached hydrogens (tertiary/aromatic N) is 1. The van der Waals surface area contributed by atoms with Crippen molar-refractivity contribution in [3.8, 4) is 0 Å². The quantitative estimate of drug-likeness (QED) is 0.608. The van der Waals surface area contributed by atoms with Gasteiger partial charge in [-0.25, -0.2) is 0 Å². The van der Waals surface area contributed by atoms with Gasteiger partial charge in [0.15, 0.2) is 5.78 Å². The summed E-state index contributed by atoms with van der Waals surface area (Å²) in [5.74, 6) is 1.10. The van der Waals surface area contributed by atoms with Gasteiger partial charge in [0.25, 0.3) is 0 Å². The molecule has 0 unspecified atom stereocenters. The summed E-state index contributed by atoms with van der Waals surface area (Å²) in [6, 6.07) is 9.48. The van der Waals surface area contributed by atoms with Gasteiger partial charge >= 0.3 is 0 Å². The molecule has 0 fully saturated rings. The van der Waals surface area contributed by atoms with E-state index >= 15 is 0 Å². The van der Waals surface area contributed by atoms with Crippen LogP contribution in [0.25, 0.3) is 0 Å². The molecule has 0 spiro atoms. The van der Waals surface area contributed by atoms with Crippen LogP contribution in [0, 0.1) is 0 Å². The number of hydrogen-bond donors (Lipinski definition) is 0. The first kappa shape index (κ1) is 14.1. The summed E-state index contributed by atoms with van der Waals surface area (Å²) in [5, 5.41) is 0.536. The van der Waals surface area contributed by atoms with Crippen molar-refractivity contribution in [2.24, 2.45) is 0 Å². The summed E-state index contributed by atoms with van der Waals surface area (Å²) in [7, 11) is 0. The molecule has 4 heteroatoms. The van der Waals surface area contributed by atoms with Crippen molar-refractivity contribution in [1.29, 1.82) is 0 Å². The van der Waals surface area contributed by atoms with Gasteiger partial charge in [-0.15, -0.1) is 11.8 Å². The maximum atomic E-state index is 12.1. The molecule has 0 aliphatic heterocycles. The molecule has 1 aromatic heterocycles. The van der Waals surface area contributed by atoms with Gasteiger partial charge in [0.2, 0.25) is 0 Å². The van der Waals surface area contributed by atoms with Crippen LogP contribution in [0.3, 0.4) is 0 Å². The van der Waals surface area contributed by atoms with Crippen molar-refractivity contribution >= 4 is 29.1 Å². The fourth-order valence-electron chi connectivity index (χ4n) is 1.73. The summed E-state index contributed by atoms with van der Waals surface area (Å²) >= 11 is 7.77. The lowest BCUT2D eigenvalue weighted by atomic mass is 10.0. The second-order valence-corrected chi connectivity index (χ2v) is 5.77. The molecular formula is C15H14ClNOS. The Morgan fingerprint density at radius 3 is 2.63 bits per heavy atom. The van der Waals surface area contributed by atoms with E-state index in [-0.39, 0.29) is 5.78 Å². The zero-order valence-electron chi connectivity index (χ0n) is 10.6. The second-order valence-electron chi connectivity index (χ2n) is 4.02. The molecule has 0 bridgehead atoms. The predicted octanol–water partition coefficient (Wildman–Crippen LogP) is 4.27. The molecule has 98 valence electrons. The van der Waals surface area contributed by atoms with Crippen LogP contribution < -0.4 is 0 Å². The van der Waals surface area contributed by atoms with Crippen LogP contribution in [0.5, 0.6) is 0 Å². The number of rotatable bonds is 5. The standard InChI is InChI=1S/C15H14ClNOS/c1-2-19-13-5-3-11(4-6-13)15(18)9-12-7-8-17-10-14(12)16/h3-8,10H,2,9H2,1H3. The number of benzene rings is 1. The SMILES string of the molecule is CCSc1ccc(C(=O)Cc2ccncc2Cl)cc1. The monoisotopic (exact) mass is 291 g/mol. The van der Waals surface area contributed by atoms with Crippen molar-refractivity contribution in [2.75, 3.05) is 5.75 Å². The van der Waals surface area contributed by atoms with Gasteiger partial charge in [-0.1, -0.05) is 30.7 Å². The van der Waals surface area contributed by atoms with Crippen molar-refractivity contribution < 1.29 is 4.79 Å². The summed E-state index contributed by atoms with van der Waals surface area (Å²) < 4.78 is 0. The molecule has 0 aliphatic rings. The number of Topliss-reactive ketones (excluding diaryl/α,β-unsaturated/α-hetero) is 1. The Morgan fingerprint density at radius 1 is 1.26 bits per heavy atom. The van der Waals surface area contributed by atoms with Crippen molar-refractivity contribution in [3.05, 3.63) is 58.9 Å². The van der Waals surface area contributed by atoms with E-state index in [0.29, 0.717) is 17.0 Å². The first-order valence-electron chi connectivity index (χ1n) is 6.05. The van der Waals surface area contributed by atoms with Gasteiger partial charge in [0, 0.05) is 29.3 Å². The average molecular weight is 292 g/mol. The second kappa shape index (κ2) is 6.73. The Labute approximate surface area is 122 Å². The Bertz CT molecular complexity index is 569. The van der Waals surface area contributed by atoms with Crippen LogP contribution in [0.4, 0.5) is 0 Å². The molecule has 0 aliphatic carbocycles. The van der Waals surface area contributed by atoms with Crippen LogP contribution in [-0.2, 0) is 6.42 Å². The molecule has 1 heterocycles. The molecule has 0 saturated carbocycles. The fraction of sp³-hybridized carbons (Fsp3) is 0.200. The molecule has 0 N–H and O–H groups in total. The lowest BCUT2D eigenvalue weighted by Gasteiger charge is -2.04. The zero-order valence-corrected chi connectivity index (χ0v) is 12.2. The number of hydrogen-bond acceptors (Lipinski definition) is 3. The maximum absolute atomic E-state index is 12.1. The third-order valence-electron chi connectivity index (χ3n) is 2.69. The summed E-state index contributed by atoms with van der Waals surface area (Å²) in [6.45, 7) is 2.11. The van der Waals surface area contributed by atoms with Gasteiger partial charge in [-0.05, 0) is 29.5 Å². The van der Waals surface area contributed by atoms with E-state index in [9.17, 15) is 4.79 Å². The van der Waals surface area contributed by atoms with Gasteiger partial charge < -0.3 is 0 Å². The highest BCUT2D eigenvalue weighted by Crippen LogP contribution is 2.20. The van der Waals surface area contributed by atoms with E-state index in [0.717, 1.165) is 11.3 Å². The Morgan fingerprint density at radius 2 is 2.00 bits per heavy atom. The van der Waals surface area contributed by atoms with Crippen molar-refractivity contribution in [3.63, 3.8) is 0 Å². The van der Waals surface area contributed by atoms with E-state index < -0.39 is 0 Å². The Kier molecular flexibility index (Phi) is 5.00. The number of thioether (sulfide) groups is 1. The van der Waals surface area contributed by atoms with E-state index in [2.05, 4.69) is 11.9 Å². The minimum atomic E-state index is 0.0705. The maximum Gasteiger partial charge on any atom is 0.167 e. The molecule has 0 radical (unpaired) electrons. The largest absolute Gasteiger partial charge is 0.294 e. The molecule has 0 saturated heterocycles. The Balaban J connectivity index is 2.10. The first-order chi connectivity index (χ1) is 9.20. The molecule has 0 amide bonds. The third kappa shape index (κ3) is 3.82. The molecule has 2 rings (SSSR count). The first-order valence-corrected chi connectivity index (χ1v) is 7.41. The molecule has 19 heavy (non-hydrogen) atoms. The summed E-state index contributed by atoms with van der Waals surface area (Å²) in [6.07, 6.45) is 3.52. The van der Waals surface area contributed by atoms with Gasteiger partial charge in [0.05, 0.1) is 5.02 Å².